The summed E-state index contributed by atoms with van der Waals surface area (Å²) < 4.78 is 28.9. The van der Waals surface area contributed by atoms with Gasteiger partial charge in [0.1, 0.15) is 0 Å². The molecule has 66 valence electrons. The summed E-state index contributed by atoms with van der Waals surface area (Å²) in [4.78, 5) is 0. The van der Waals surface area contributed by atoms with Gasteiger partial charge in [0.25, 0.3) is 0 Å². The topological polar surface area (TPSA) is 35.2 Å². The Labute approximate surface area is 64.7 Å². The first-order valence-electron chi connectivity index (χ1n) is 3.77. The summed E-state index contributed by atoms with van der Waals surface area (Å²) in [5.74, 6) is 0. The lowest BCUT2D eigenvalue weighted by molar-refractivity contribution is 0.0209. The second kappa shape index (κ2) is 3.45. The molecule has 0 bridgehead atoms. The number of halogens is 2. The minimum absolute atomic E-state index is 0.198. The first-order chi connectivity index (χ1) is 5.12. The van der Waals surface area contributed by atoms with Gasteiger partial charge in [-0.2, -0.15) is 0 Å². The lowest BCUT2D eigenvalue weighted by Gasteiger charge is -2.32. The van der Waals surface area contributed by atoms with Crippen LogP contribution in [-0.2, 0) is 4.74 Å². The van der Waals surface area contributed by atoms with Crippen molar-refractivity contribution in [3.05, 3.63) is 0 Å². The molecule has 0 saturated carbocycles. The van der Waals surface area contributed by atoms with Gasteiger partial charge < -0.3 is 10.5 Å². The van der Waals surface area contributed by atoms with E-state index in [1.54, 1.807) is 0 Å². The molecule has 1 aliphatic rings. The maximum Gasteiger partial charge on any atom is 0.240 e. The molecule has 0 spiro atoms. The van der Waals surface area contributed by atoms with E-state index in [-0.39, 0.29) is 6.42 Å². The smallest absolute Gasteiger partial charge is 0.240 e. The highest BCUT2D eigenvalue weighted by Gasteiger charge is 2.30. The van der Waals surface area contributed by atoms with Crippen LogP contribution in [0.3, 0.4) is 0 Å². The van der Waals surface area contributed by atoms with Gasteiger partial charge in [-0.05, 0) is 12.8 Å². The minimum Gasteiger partial charge on any atom is -0.381 e. The fraction of sp³-hybridized carbons (Fsp3) is 1.00. The van der Waals surface area contributed by atoms with E-state index in [2.05, 4.69) is 0 Å². The standard InChI is InChI=1S/C7H13F2NO/c8-6(9)5-7(10)1-3-11-4-2-7/h6H,1-5,10H2. The second-order valence-electron chi connectivity index (χ2n) is 3.07. The number of hydrogen-bond donors (Lipinski definition) is 1. The highest BCUT2D eigenvalue weighted by Crippen LogP contribution is 2.24. The van der Waals surface area contributed by atoms with Gasteiger partial charge in [-0.15, -0.1) is 0 Å². The third-order valence-electron chi connectivity index (χ3n) is 2.05. The lowest BCUT2D eigenvalue weighted by Crippen LogP contribution is -2.46. The van der Waals surface area contributed by atoms with Gasteiger partial charge in [0, 0.05) is 25.2 Å². The molecule has 1 saturated heterocycles. The Balaban J connectivity index is 2.37. The molecule has 2 N–H and O–H groups in total. The number of alkyl halides is 2. The van der Waals surface area contributed by atoms with Crippen molar-refractivity contribution in [2.24, 2.45) is 5.73 Å². The average molecular weight is 165 g/mol. The molecule has 0 aliphatic carbocycles. The number of rotatable bonds is 2. The molecule has 0 aromatic rings. The normalized spacial score (nSPS) is 24.0. The Bertz CT molecular complexity index is 124. The minimum atomic E-state index is -2.29. The molecule has 0 atom stereocenters. The summed E-state index contributed by atoms with van der Waals surface area (Å²) in [5, 5.41) is 0. The van der Waals surface area contributed by atoms with Gasteiger partial charge in [-0.25, -0.2) is 8.78 Å². The molecule has 1 heterocycles. The Hall–Kier alpha value is -0.220. The maximum atomic E-state index is 11.9. The molecule has 0 aromatic heterocycles. The Morgan fingerprint density at radius 1 is 1.36 bits per heavy atom. The van der Waals surface area contributed by atoms with Crippen LogP contribution in [0.2, 0.25) is 0 Å². The molecule has 1 rings (SSSR count). The van der Waals surface area contributed by atoms with E-state index in [0.29, 0.717) is 26.1 Å². The van der Waals surface area contributed by atoms with Crippen molar-refractivity contribution in [1.29, 1.82) is 0 Å². The highest BCUT2D eigenvalue weighted by atomic mass is 19.3. The Morgan fingerprint density at radius 3 is 2.36 bits per heavy atom. The molecule has 0 amide bonds. The van der Waals surface area contributed by atoms with Gasteiger partial charge in [0.2, 0.25) is 6.43 Å². The molecule has 0 aromatic carbocycles. The fourth-order valence-electron chi connectivity index (χ4n) is 1.29. The van der Waals surface area contributed by atoms with Crippen molar-refractivity contribution in [2.45, 2.75) is 31.2 Å². The van der Waals surface area contributed by atoms with Crippen molar-refractivity contribution in [3.63, 3.8) is 0 Å². The van der Waals surface area contributed by atoms with Crippen molar-refractivity contribution in [3.8, 4) is 0 Å². The van der Waals surface area contributed by atoms with E-state index in [1.807, 2.05) is 0 Å². The summed E-state index contributed by atoms with van der Waals surface area (Å²) in [6.45, 7) is 1.03. The van der Waals surface area contributed by atoms with Crippen molar-refractivity contribution < 1.29 is 13.5 Å². The van der Waals surface area contributed by atoms with E-state index < -0.39 is 12.0 Å². The van der Waals surface area contributed by atoms with Crippen LogP contribution in [0.5, 0.6) is 0 Å². The molecule has 0 unspecified atom stereocenters. The Kier molecular flexibility index (Phi) is 2.78. The predicted molar refractivity (Wildman–Crippen MR) is 37.6 cm³/mol. The van der Waals surface area contributed by atoms with Crippen molar-refractivity contribution >= 4 is 0 Å². The van der Waals surface area contributed by atoms with Crippen LogP contribution in [0.25, 0.3) is 0 Å². The highest BCUT2D eigenvalue weighted by molar-refractivity contribution is 4.86. The molecule has 0 radical (unpaired) electrons. The molecular weight excluding hydrogens is 152 g/mol. The molecule has 2 nitrogen and oxygen atoms in total. The zero-order valence-corrected chi connectivity index (χ0v) is 6.35. The predicted octanol–water partition coefficient (Wildman–Crippen LogP) is 1.15. The van der Waals surface area contributed by atoms with Gasteiger partial charge in [0.05, 0.1) is 0 Å². The van der Waals surface area contributed by atoms with E-state index in [4.69, 9.17) is 10.5 Å². The Morgan fingerprint density at radius 2 is 1.91 bits per heavy atom. The molecule has 1 fully saturated rings. The number of ether oxygens (including phenoxy) is 1. The average Bonchev–Trinajstić information content (AvgIpc) is 1.85. The van der Waals surface area contributed by atoms with E-state index in [0.717, 1.165) is 0 Å². The number of nitrogens with two attached hydrogens (primary N) is 1. The summed E-state index contributed by atoms with van der Waals surface area (Å²) in [7, 11) is 0. The zero-order chi connectivity index (χ0) is 8.32. The molecule has 4 heteroatoms. The van der Waals surface area contributed by atoms with Crippen LogP contribution in [0.1, 0.15) is 19.3 Å². The van der Waals surface area contributed by atoms with Crippen LogP contribution >= 0.6 is 0 Å². The van der Waals surface area contributed by atoms with Gasteiger partial charge >= 0.3 is 0 Å². The largest absolute Gasteiger partial charge is 0.381 e. The maximum absolute atomic E-state index is 11.9. The lowest BCUT2D eigenvalue weighted by atomic mass is 9.88. The molecular formula is C7H13F2NO. The zero-order valence-electron chi connectivity index (χ0n) is 6.35. The summed E-state index contributed by atoms with van der Waals surface area (Å²) in [6.07, 6.45) is -1.39. The van der Waals surface area contributed by atoms with Crippen LogP contribution in [0.4, 0.5) is 8.78 Å². The summed E-state index contributed by atoms with van der Waals surface area (Å²) in [6, 6.07) is 0. The van der Waals surface area contributed by atoms with E-state index >= 15 is 0 Å². The first-order valence-corrected chi connectivity index (χ1v) is 3.77. The monoisotopic (exact) mass is 165 g/mol. The van der Waals surface area contributed by atoms with E-state index in [1.165, 1.54) is 0 Å². The van der Waals surface area contributed by atoms with Crippen LogP contribution in [0, 0.1) is 0 Å². The van der Waals surface area contributed by atoms with Gasteiger partial charge in [0.15, 0.2) is 0 Å². The number of hydrogen-bond acceptors (Lipinski definition) is 2. The second-order valence-corrected chi connectivity index (χ2v) is 3.07. The SMILES string of the molecule is NC1(CC(F)F)CCOCC1. The summed E-state index contributed by atoms with van der Waals surface area (Å²) in [5.41, 5.74) is 5.03. The van der Waals surface area contributed by atoms with Gasteiger partial charge in [-0.1, -0.05) is 0 Å². The first kappa shape index (κ1) is 8.87. The van der Waals surface area contributed by atoms with Crippen LogP contribution in [-0.4, -0.2) is 25.2 Å². The molecule has 1 aliphatic heterocycles. The van der Waals surface area contributed by atoms with Crippen LogP contribution in [0.15, 0.2) is 0 Å². The summed E-state index contributed by atoms with van der Waals surface area (Å²) >= 11 is 0. The van der Waals surface area contributed by atoms with Crippen LogP contribution < -0.4 is 5.73 Å². The van der Waals surface area contributed by atoms with Gasteiger partial charge in [-0.3, -0.25) is 0 Å². The third kappa shape index (κ3) is 2.71. The van der Waals surface area contributed by atoms with Crippen molar-refractivity contribution in [2.75, 3.05) is 13.2 Å². The quantitative estimate of drug-likeness (QED) is 0.666. The molecule has 11 heavy (non-hydrogen) atoms. The van der Waals surface area contributed by atoms with Crippen molar-refractivity contribution in [1.82, 2.24) is 0 Å². The van der Waals surface area contributed by atoms with E-state index in [9.17, 15) is 8.78 Å². The fourth-order valence-corrected chi connectivity index (χ4v) is 1.29. The third-order valence-corrected chi connectivity index (χ3v) is 2.05.